The van der Waals surface area contributed by atoms with Crippen LogP contribution in [-0.4, -0.2) is 19.5 Å². The Morgan fingerprint density at radius 1 is 1.15 bits per heavy atom. The number of hydrogen-bond acceptors (Lipinski definition) is 2. The van der Waals surface area contributed by atoms with Crippen molar-refractivity contribution in [2.24, 2.45) is 0 Å². The fourth-order valence-corrected chi connectivity index (χ4v) is 1.67. The molecule has 0 heterocycles. The second-order valence-corrected chi connectivity index (χ2v) is 3.37. The molecule has 0 aliphatic carbocycles. The van der Waals surface area contributed by atoms with E-state index in [0.29, 0.717) is 0 Å². The summed E-state index contributed by atoms with van der Waals surface area (Å²) in [5, 5.41) is 0.906. The molecule has 1 aromatic carbocycles. The van der Waals surface area contributed by atoms with Crippen molar-refractivity contribution in [2.75, 3.05) is 19.5 Å². The first-order valence-electron chi connectivity index (χ1n) is 4.09. The van der Waals surface area contributed by atoms with Gasteiger partial charge in [0.25, 0.3) is 0 Å². The Hall–Kier alpha value is -0.700. The summed E-state index contributed by atoms with van der Waals surface area (Å²) in [4.78, 5) is 0. The average molecular weight is 245 g/mol. The lowest BCUT2D eigenvalue weighted by atomic mass is 10.1. The zero-order valence-electron chi connectivity index (χ0n) is 7.84. The monoisotopic (exact) mass is 244 g/mol. The van der Waals surface area contributed by atoms with Crippen LogP contribution in [0.4, 0.5) is 0 Å². The van der Waals surface area contributed by atoms with Crippen LogP contribution in [0.3, 0.4) is 0 Å². The molecule has 0 radical (unpaired) electrons. The van der Waals surface area contributed by atoms with Crippen molar-refractivity contribution in [1.29, 1.82) is 0 Å². The van der Waals surface area contributed by atoms with Gasteiger partial charge in [0.2, 0.25) is 0 Å². The van der Waals surface area contributed by atoms with Crippen LogP contribution in [0.25, 0.3) is 0 Å². The zero-order valence-corrected chi connectivity index (χ0v) is 9.43. The van der Waals surface area contributed by atoms with Crippen LogP contribution in [0.2, 0.25) is 0 Å². The summed E-state index contributed by atoms with van der Waals surface area (Å²) in [5.41, 5.74) is 1.12. The molecule has 0 spiro atoms. The van der Waals surface area contributed by atoms with Gasteiger partial charge in [-0.3, -0.25) is 0 Å². The van der Waals surface area contributed by atoms with Gasteiger partial charge in [0.05, 0.1) is 14.2 Å². The second-order valence-electron chi connectivity index (χ2n) is 2.58. The minimum atomic E-state index is 0.888. The summed E-state index contributed by atoms with van der Waals surface area (Å²) in [5.74, 6) is 1.78. The van der Waals surface area contributed by atoms with Crippen molar-refractivity contribution in [1.82, 2.24) is 0 Å². The number of alkyl halides is 1. The molecular formula is C10H13BrO2. The number of hydrogen-bond donors (Lipinski definition) is 0. The molecule has 1 aromatic rings. The maximum Gasteiger partial charge on any atom is 0.125 e. The summed E-state index contributed by atoms with van der Waals surface area (Å²) < 4.78 is 10.5. The standard InChI is InChI=1S/C10H13BrO2/c1-12-9-4-3-5-10(13-2)8(9)6-7-11/h3-5H,6-7H2,1-2H3. The fraction of sp³-hybridized carbons (Fsp3) is 0.400. The smallest absolute Gasteiger partial charge is 0.125 e. The Kier molecular flexibility index (Phi) is 4.09. The van der Waals surface area contributed by atoms with E-state index in [1.54, 1.807) is 14.2 Å². The van der Waals surface area contributed by atoms with Gasteiger partial charge in [-0.1, -0.05) is 22.0 Å². The Morgan fingerprint density at radius 3 is 2.08 bits per heavy atom. The Morgan fingerprint density at radius 2 is 1.69 bits per heavy atom. The highest BCUT2D eigenvalue weighted by atomic mass is 79.9. The van der Waals surface area contributed by atoms with E-state index >= 15 is 0 Å². The van der Waals surface area contributed by atoms with Gasteiger partial charge in [0, 0.05) is 10.9 Å². The van der Waals surface area contributed by atoms with Crippen LogP contribution in [0.1, 0.15) is 5.56 Å². The van der Waals surface area contributed by atoms with E-state index in [4.69, 9.17) is 9.47 Å². The first kappa shape index (κ1) is 10.4. The Balaban J connectivity index is 3.05. The van der Waals surface area contributed by atoms with Crippen LogP contribution in [0.15, 0.2) is 18.2 Å². The third-order valence-corrected chi connectivity index (χ3v) is 2.27. The maximum atomic E-state index is 5.24. The van der Waals surface area contributed by atoms with Crippen LogP contribution >= 0.6 is 15.9 Å². The summed E-state index contributed by atoms with van der Waals surface area (Å²) >= 11 is 3.40. The molecule has 0 saturated carbocycles. The zero-order chi connectivity index (χ0) is 9.68. The third-order valence-electron chi connectivity index (χ3n) is 1.87. The summed E-state index contributed by atoms with van der Waals surface area (Å²) in [6, 6.07) is 5.82. The lowest BCUT2D eigenvalue weighted by Gasteiger charge is -2.11. The number of ether oxygens (including phenoxy) is 2. The average Bonchev–Trinajstić information content (AvgIpc) is 2.18. The highest BCUT2D eigenvalue weighted by Gasteiger charge is 2.07. The Labute approximate surface area is 87.0 Å². The van der Waals surface area contributed by atoms with E-state index < -0.39 is 0 Å². The molecule has 0 atom stereocenters. The molecule has 13 heavy (non-hydrogen) atoms. The van der Waals surface area contributed by atoms with Crippen molar-refractivity contribution >= 4 is 15.9 Å². The first-order valence-corrected chi connectivity index (χ1v) is 5.21. The molecule has 0 N–H and O–H groups in total. The normalized spacial score (nSPS) is 9.77. The molecule has 0 saturated heterocycles. The second kappa shape index (κ2) is 5.12. The van der Waals surface area contributed by atoms with Crippen LogP contribution in [-0.2, 0) is 6.42 Å². The van der Waals surface area contributed by atoms with Gasteiger partial charge in [-0.25, -0.2) is 0 Å². The largest absolute Gasteiger partial charge is 0.496 e. The van der Waals surface area contributed by atoms with E-state index in [1.165, 1.54) is 0 Å². The van der Waals surface area contributed by atoms with Crippen LogP contribution in [0, 0.1) is 0 Å². The number of benzene rings is 1. The quantitative estimate of drug-likeness (QED) is 0.759. The molecule has 0 unspecified atom stereocenters. The predicted octanol–water partition coefficient (Wildman–Crippen LogP) is 2.64. The first-order chi connectivity index (χ1) is 6.33. The number of halogens is 1. The van der Waals surface area contributed by atoms with Gasteiger partial charge in [-0.15, -0.1) is 0 Å². The molecule has 0 aliphatic rings. The molecule has 2 nitrogen and oxygen atoms in total. The minimum Gasteiger partial charge on any atom is -0.496 e. The fourth-order valence-electron chi connectivity index (χ4n) is 1.27. The summed E-state index contributed by atoms with van der Waals surface area (Å²) in [7, 11) is 3.35. The molecule has 3 heteroatoms. The topological polar surface area (TPSA) is 18.5 Å². The molecule has 0 aliphatic heterocycles. The van der Waals surface area contributed by atoms with Crippen molar-refractivity contribution in [2.45, 2.75) is 6.42 Å². The van der Waals surface area contributed by atoms with Crippen molar-refractivity contribution in [3.8, 4) is 11.5 Å². The molecule has 0 aromatic heterocycles. The van der Waals surface area contributed by atoms with E-state index in [-0.39, 0.29) is 0 Å². The van der Waals surface area contributed by atoms with E-state index in [2.05, 4.69) is 15.9 Å². The lowest BCUT2D eigenvalue weighted by molar-refractivity contribution is 0.386. The SMILES string of the molecule is COc1cccc(OC)c1CCBr. The van der Waals surface area contributed by atoms with Gasteiger partial charge in [-0.05, 0) is 18.6 Å². The van der Waals surface area contributed by atoms with Gasteiger partial charge < -0.3 is 9.47 Å². The molecule has 0 amide bonds. The van der Waals surface area contributed by atoms with Gasteiger partial charge in [-0.2, -0.15) is 0 Å². The van der Waals surface area contributed by atoms with Crippen molar-refractivity contribution in [3.05, 3.63) is 23.8 Å². The molecule has 0 fully saturated rings. The van der Waals surface area contributed by atoms with Crippen LogP contribution < -0.4 is 9.47 Å². The van der Waals surface area contributed by atoms with Crippen molar-refractivity contribution in [3.63, 3.8) is 0 Å². The lowest BCUT2D eigenvalue weighted by Crippen LogP contribution is -1.97. The minimum absolute atomic E-state index is 0.888. The van der Waals surface area contributed by atoms with E-state index in [0.717, 1.165) is 28.8 Å². The third kappa shape index (κ3) is 2.37. The number of rotatable bonds is 4. The van der Waals surface area contributed by atoms with Gasteiger partial charge in [0.15, 0.2) is 0 Å². The number of methoxy groups -OCH3 is 2. The highest BCUT2D eigenvalue weighted by Crippen LogP contribution is 2.28. The van der Waals surface area contributed by atoms with E-state index in [1.807, 2.05) is 18.2 Å². The van der Waals surface area contributed by atoms with E-state index in [9.17, 15) is 0 Å². The van der Waals surface area contributed by atoms with Gasteiger partial charge in [0.1, 0.15) is 11.5 Å². The Bertz CT molecular complexity index is 251. The van der Waals surface area contributed by atoms with Gasteiger partial charge >= 0.3 is 0 Å². The summed E-state index contributed by atoms with van der Waals surface area (Å²) in [6.07, 6.45) is 0.910. The summed E-state index contributed by atoms with van der Waals surface area (Å²) in [6.45, 7) is 0. The molecular weight excluding hydrogens is 232 g/mol. The maximum absolute atomic E-state index is 5.24. The predicted molar refractivity (Wildman–Crippen MR) is 57.0 cm³/mol. The van der Waals surface area contributed by atoms with Crippen molar-refractivity contribution < 1.29 is 9.47 Å². The molecule has 0 bridgehead atoms. The van der Waals surface area contributed by atoms with Crippen LogP contribution in [0.5, 0.6) is 11.5 Å². The molecule has 1 rings (SSSR count). The highest BCUT2D eigenvalue weighted by molar-refractivity contribution is 9.09. The molecule has 72 valence electrons.